The lowest BCUT2D eigenvalue weighted by Crippen LogP contribution is -2.33. The summed E-state index contributed by atoms with van der Waals surface area (Å²) in [7, 11) is 3.31. The van der Waals surface area contributed by atoms with Gasteiger partial charge in [-0.15, -0.1) is 0 Å². The minimum Gasteiger partial charge on any atom is -0.493 e. The Hall–Kier alpha value is -1.26. The molecule has 0 aliphatic rings. The summed E-state index contributed by atoms with van der Waals surface area (Å²) in [4.78, 5) is 0. The molecule has 1 N–H and O–H groups in total. The molecule has 4 heteroatoms. The molecule has 1 aromatic carbocycles. The highest BCUT2D eigenvalue weighted by molar-refractivity contribution is 5.43. The van der Waals surface area contributed by atoms with Crippen LogP contribution in [0.5, 0.6) is 11.5 Å². The van der Waals surface area contributed by atoms with Crippen LogP contribution in [-0.2, 0) is 4.74 Å². The fourth-order valence-corrected chi connectivity index (χ4v) is 2.21. The molecule has 0 aromatic heterocycles. The smallest absolute Gasteiger partial charge is 0.161 e. The van der Waals surface area contributed by atoms with E-state index in [0.717, 1.165) is 31.1 Å². The summed E-state index contributed by atoms with van der Waals surface area (Å²) in [5.74, 6) is 1.52. The van der Waals surface area contributed by atoms with E-state index in [-0.39, 0.29) is 6.04 Å². The van der Waals surface area contributed by atoms with Crippen molar-refractivity contribution in [3.05, 3.63) is 23.8 Å². The quantitative estimate of drug-likeness (QED) is 0.754. The van der Waals surface area contributed by atoms with Crippen LogP contribution in [0.2, 0.25) is 0 Å². The third kappa shape index (κ3) is 4.69. The van der Waals surface area contributed by atoms with E-state index in [4.69, 9.17) is 14.2 Å². The Morgan fingerprint density at radius 1 is 1.10 bits per heavy atom. The number of hydrogen-bond acceptors (Lipinski definition) is 4. The maximum absolute atomic E-state index is 5.45. The standard InChI is InChI=1S/C16H27NO3/c1-6-14(17-12(3)11-20-7-2)13-8-9-15(18-4)16(10-13)19-5/h8-10,12,14,17H,6-7,11H2,1-5H3. The summed E-state index contributed by atoms with van der Waals surface area (Å²) in [6, 6.07) is 6.66. The number of benzene rings is 1. The van der Waals surface area contributed by atoms with Gasteiger partial charge in [0.2, 0.25) is 0 Å². The Morgan fingerprint density at radius 3 is 2.35 bits per heavy atom. The molecule has 20 heavy (non-hydrogen) atoms. The Kier molecular flexibility index (Phi) is 7.41. The van der Waals surface area contributed by atoms with Crippen LogP contribution in [0.1, 0.15) is 38.8 Å². The van der Waals surface area contributed by atoms with Crippen molar-refractivity contribution in [1.82, 2.24) is 5.32 Å². The predicted octanol–water partition coefficient (Wildman–Crippen LogP) is 3.17. The van der Waals surface area contributed by atoms with Gasteiger partial charge in [0.25, 0.3) is 0 Å². The molecule has 114 valence electrons. The van der Waals surface area contributed by atoms with Crippen LogP contribution in [0.3, 0.4) is 0 Å². The highest BCUT2D eigenvalue weighted by Crippen LogP contribution is 2.30. The molecule has 2 unspecified atom stereocenters. The Labute approximate surface area is 122 Å². The molecule has 0 spiro atoms. The van der Waals surface area contributed by atoms with Gasteiger partial charge in [-0.05, 0) is 38.0 Å². The summed E-state index contributed by atoms with van der Waals surface area (Å²) in [6.45, 7) is 7.79. The van der Waals surface area contributed by atoms with E-state index < -0.39 is 0 Å². The van der Waals surface area contributed by atoms with Gasteiger partial charge in [0.15, 0.2) is 11.5 Å². The highest BCUT2D eigenvalue weighted by atomic mass is 16.5. The fraction of sp³-hybridized carbons (Fsp3) is 0.625. The molecule has 2 atom stereocenters. The Bertz CT molecular complexity index is 395. The third-order valence-electron chi connectivity index (χ3n) is 3.28. The number of hydrogen-bond donors (Lipinski definition) is 1. The molecule has 1 rings (SSSR count). The van der Waals surface area contributed by atoms with Crippen molar-refractivity contribution in [3.8, 4) is 11.5 Å². The molecule has 0 bridgehead atoms. The van der Waals surface area contributed by atoms with E-state index in [1.54, 1.807) is 14.2 Å². The minimum absolute atomic E-state index is 0.283. The van der Waals surface area contributed by atoms with Crippen LogP contribution in [0, 0.1) is 0 Å². The fourth-order valence-electron chi connectivity index (χ4n) is 2.21. The van der Waals surface area contributed by atoms with Crippen LogP contribution in [-0.4, -0.2) is 33.5 Å². The molecule has 0 saturated carbocycles. The molecule has 0 saturated heterocycles. The molecule has 1 aromatic rings. The first-order chi connectivity index (χ1) is 9.65. The summed E-state index contributed by atoms with van der Waals surface area (Å²) in [5, 5.41) is 3.59. The second-order valence-electron chi connectivity index (χ2n) is 4.80. The largest absolute Gasteiger partial charge is 0.493 e. The zero-order valence-electron chi connectivity index (χ0n) is 13.2. The van der Waals surface area contributed by atoms with Crippen LogP contribution in [0.25, 0.3) is 0 Å². The van der Waals surface area contributed by atoms with Crippen LogP contribution >= 0.6 is 0 Å². The molecular formula is C16H27NO3. The number of nitrogens with one attached hydrogen (secondary N) is 1. The predicted molar refractivity (Wildman–Crippen MR) is 81.7 cm³/mol. The first kappa shape index (κ1) is 16.8. The third-order valence-corrected chi connectivity index (χ3v) is 3.28. The molecule has 0 aliphatic heterocycles. The van der Waals surface area contributed by atoms with E-state index >= 15 is 0 Å². The summed E-state index contributed by atoms with van der Waals surface area (Å²) in [5.41, 5.74) is 1.20. The van der Waals surface area contributed by atoms with E-state index in [0.29, 0.717) is 6.04 Å². The normalized spacial score (nSPS) is 13.8. The van der Waals surface area contributed by atoms with Gasteiger partial charge in [0.1, 0.15) is 0 Å². The van der Waals surface area contributed by atoms with Crippen molar-refractivity contribution in [3.63, 3.8) is 0 Å². The highest BCUT2D eigenvalue weighted by Gasteiger charge is 2.15. The van der Waals surface area contributed by atoms with Gasteiger partial charge in [0, 0.05) is 18.7 Å². The van der Waals surface area contributed by atoms with Crippen molar-refractivity contribution in [1.29, 1.82) is 0 Å². The average molecular weight is 281 g/mol. The van der Waals surface area contributed by atoms with Crippen molar-refractivity contribution >= 4 is 0 Å². The van der Waals surface area contributed by atoms with E-state index in [2.05, 4.69) is 25.2 Å². The topological polar surface area (TPSA) is 39.7 Å². The lowest BCUT2D eigenvalue weighted by atomic mass is 10.0. The van der Waals surface area contributed by atoms with Gasteiger partial charge in [-0.25, -0.2) is 0 Å². The van der Waals surface area contributed by atoms with E-state index in [1.165, 1.54) is 5.56 Å². The molecule has 0 heterocycles. The molecular weight excluding hydrogens is 254 g/mol. The summed E-state index contributed by atoms with van der Waals surface area (Å²) in [6.07, 6.45) is 1.01. The Morgan fingerprint density at radius 2 is 1.80 bits per heavy atom. The number of rotatable bonds is 9. The first-order valence-corrected chi connectivity index (χ1v) is 7.21. The second kappa shape index (κ2) is 8.82. The van der Waals surface area contributed by atoms with Crippen molar-refractivity contribution in [2.24, 2.45) is 0 Å². The minimum atomic E-state index is 0.283. The van der Waals surface area contributed by atoms with Crippen molar-refractivity contribution < 1.29 is 14.2 Å². The van der Waals surface area contributed by atoms with Gasteiger partial charge < -0.3 is 19.5 Å². The maximum atomic E-state index is 5.45. The van der Waals surface area contributed by atoms with Gasteiger partial charge in [-0.2, -0.15) is 0 Å². The maximum Gasteiger partial charge on any atom is 0.161 e. The second-order valence-corrected chi connectivity index (χ2v) is 4.80. The van der Waals surface area contributed by atoms with Crippen LogP contribution in [0.15, 0.2) is 18.2 Å². The lowest BCUT2D eigenvalue weighted by Gasteiger charge is -2.23. The van der Waals surface area contributed by atoms with Crippen LogP contribution < -0.4 is 14.8 Å². The zero-order chi connectivity index (χ0) is 15.0. The van der Waals surface area contributed by atoms with E-state index in [1.807, 2.05) is 19.1 Å². The summed E-state index contributed by atoms with van der Waals surface area (Å²) < 4.78 is 16.1. The zero-order valence-corrected chi connectivity index (χ0v) is 13.2. The molecule has 0 fully saturated rings. The number of ether oxygens (including phenoxy) is 3. The average Bonchev–Trinajstić information content (AvgIpc) is 2.49. The molecule has 0 amide bonds. The Balaban J connectivity index is 2.78. The number of methoxy groups -OCH3 is 2. The van der Waals surface area contributed by atoms with Crippen molar-refractivity contribution in [2.75, 3.05) is 27.4 Å². The molecule has 0 aliphatic carbocycles. The van der Waals surface area contributed by atoms with Crippen molar-refractivity contribution in [2.45, 2.75) is 39.3 Å². The monoisotopic (exact) mass is 281 g/mol. The molecule has 0 radical (unpaired) electrons. The van der Waals surface area contributed by atoms with Gasteiger partial charge in [-0.1, -0.05) is 13.0 Å². The summed E-state index contributed by atoms with van der Waals surface area (Å²) >= 11 is 0. The SMILES string of the molecule is CCOCC(C)NC(CC)c1ccc(OC)c(OC)c1. The van der Waals surface area contributed by atoms with E-state index in [9.17, 15) is 0 Å². The molecule has 4 nitrogen and oxygen atoms in total. The van der Waals surface area contributed by atoms with Gasteiger partial charge in [0.05, 0.1) is 20.8 Å². The lowest BCUT2D eigenvalue weighted by molar-refractivity contribution is 0.123. The van der Waals surface area contributed by atoms with Gasteiger partial charge in [-0.3, -0.25) is 0 Å². The van der Waals surface area contributed by atoms with Gasteiger partial charge >= 0.3 is 0 Å². The van der Waals surface area contributed by atoms with Crippen LogP contribution in [0.4, 0.5) is 0 Å². The first-order valence-electron chi connectivity index (χ1n) is 7.21.